The Morgan fingerprint density at radius 1 is 1.24 bits per heavy atom. The number of pyridine rings is 1. The number of anilines is 1. The summed E-state index contributed by atoms with van der Waals surface area (Å²) in [5.41, 5.74) is -0.0907. The summed E-state index contributed by atoms with van der Waals surface area (Å²) in [5.74, 6) is -0.153. The molecule has 1 aromatic heterocycles. The molecule has 1 atom stereocenters. The SMILES string of the molecule is CC1(C)OB(c2ccc(NC(=O)C(O)CCCCO)nc2)OC1(C)C. The third kappa shape index (κ3) is 4.79. The smallest absolute Gasteiger partial charge is 0.399 e. The van der Waals surface area contributed by atoms with Gasteiger partial charge in [0.05, 0.1) is 11.2 Å². The van der Waals surface area contributed by atoms with Crippen molar-refractivity contribution in [3.8, 4) is 0 Å². The van der Waals surface area contributed by atoms with Crippen LogP contribution in [0.25, 0.3) is 0 Å². The molecule has 0 bridgehead atoms. The average Bonchev–Trinajstić information content (AvgIpc) is 2.76. The molecular weight excluding hydrogens is 323 g/mol. The van der Waals surface area contributed by atoms with E-state index in [0.717, 1.165) is 5.46 Å². The van der Waals surface area contributed by atoms with E-state index in [1.807, 2.05) is 27.7 Å². The van der Waals surface area contributed by atoms with E-state index in [1.165, 1.54) is 0 Å². The molecule has 3 N–H and O–H groups in total. The predicted molar refractivity (Wildman–Crippen MR) is 95.5 cm³/mol. The van der Waals surface area contributed by atoms with E-state index in [2.05, 4.69) is 10.3 Å². The monoisotopic (exact) mass is 350 g/mol. The fourth-order valence-corrected chi connectivity index (χ4v) is 2.39. The van der Waals surface area contributed by atoms with Crippen LogP contribution in [0.2, 0.25) is 0 Å². The number of aliphatic hydroxyl groups is 2. The zero-order valence-electron chi connectivity index (χ0n) is 15.3. The van der Waals surface area contributed by atoms with Crippen molar-refractivity contribution in [1.29, 1.82) is 0 Å². The van der Waals surface area contributed by atoms with Crippen LogP contribution in [0.4, 0.5) is 5.82 Å². The molecule has 0 aromatic carbocycles. The zero-order valence-corrected chi connectivity index (χ0v) is 15.3. The molecule has 2 heterocycles. The number of aromatic nitrogens is 1. The lowest BCUT2D eigenvalue weighted by molar-refractivity contribution is -0.124. The van der Waals surface area contributed by atoms with Gasteiger partial charge in [-0.3, -0.25) is 4.79 Å². The fourth-order valence-electron chi connectivity index (χ4n) is 2.39. The van der Waals surface area contributed by atoms with Gasteiger partial charge in [0.25, 0.3) is 5.91 Å². The van der Waals surface area contributed by atoms with Crippen molar-refractivity contribution in [1.82, 2.24) is 4.98 Å². The van der Waals surface area contributed by atoms with Crippen molar-refractivity contribution in [3.63, 3.8) is 0 Å². The van der Waals surface area contributed by atoms with Crippen LogP contribution in [0, 0.1) is 0 Å². The van der Waals surface area contributed by atoms with Crippen molar-refractivity contribution in [2.45, 2.75) is 64.3 Å². The number of nitrogens with zero attached hydrogens (tertiary/aromatic N) is 1. The van der Waals surface area contributed by atoms with Crippen LogP contribution in [-0.4, -0.2) is 52.1 Å². The summed E-state index contributed by atoms with van der Waals surface area (Å²) >= 11 is 0. The van der Waals surface area contributed by atoms with Crippen molar-refractivity contribution >= 4 is 24.3 Å². The van der Waals surface area contributed by atoms with E-state index in [4.69, 9.17) is 14.4 Å². The number of unbranched alkanes of at least 4 members (excludes halogenated alkanes) is 1. The maximum absolute atomic E-state index is 11.9. The van der Waals surface area contributed by atoms with E-state index in [1.54, 1.807) is 18.3 Å². The number of hydrogen-bond donors (Lipinski definition) is 3. The Morgan fingerprint density at radius 3 is 2.40 bits per heavy atom. The lowest BCUT2D eigenvalue weighted by Crippen LogP contribution is -2.41. The van der Waals surface area contributed by atoms with Gasteiger partial charge < -0.3 is 24.8 Å². The van der Waals surface area contributed by atoms with Crippen LogP contribution < -0.4 is 10.8 Å². The molecule has 25 heavy (non-hydrogen) atoms. The molecule has 1 aromatic rings. The highest BCUT2D eigenvalue weighted by Gasteiger charge is 2.51. The minimum absolute atomic E-state index is 0.0519. The fraction of sp³-hybridized carbons (Fsp3) is 0.647. The van der Waals surface area contributed by atoms with Crippen molar-refractivity contribution in [2.24, 2.45) is 0 Å². The number of aliphatic hydroxyl groups excluding tert-OH is 2. The summed E-state index contributed by atoms with van der Waals surface area (Å²) < 4.78 is 11.9. The first kappa shape index (κ1) is 19.8. The van der Waals surface area contributed by atoms with E-state index in [9.17, 15) is 9.90 Å². The normalized spacial score (nSPS) is 19.7. The van der Waals surface area contributed by atoms with Crippen LogP contribution in [0.5, 0.6) is 0 Å². The van der Waals surface area contributed by atoms with Gasteiger partial charge >= 0.3 is 7.12 Å². The lowest BCUT2D eigenvalue weighted by Gasteiger charge is -2.32. The molecule has 0 saturated carbocycles. The van der Waals surface area contributed by atoms with Gasteiger partial charge in [-0.15, -0.1) is 0 Å². The summed E-state index contributed by atoms with van der Waals surface area (Å²) in [5, 5.41) is 21.1. The molecule has 1 unspecified atom stereocenters. The summed E-state index contributed by atoms with van der Waals surface area (Å²) in [4.78, 5) is 16.1. The first-order valence-corrected chi connectivity index (χ1v) is 8.57. The number of rotatable bonds is 7. The number of carbonyl (C=O) groups excluding carboxylic acids is 1. The third-order valence-electron chi connectivity index (χ3n) is 4.75. The van der Waals surface area contributed by atoms with Crippen molar-refractivity contribution in [2.75, 3.05) is 11.9 Å². The van der Waals surface area contributed by atoms with Gasteiger partial charge in [0.15, 0.2) is 0 Å². The maximum Gasteiger partial charge on any atom is 0.496 e. The van der Waals surface area contributed by atoms with Crippen LogP contribution in [0.1, 0.15) is 47.0 Å². The Balaban J connectivity index is 1.93. The van der Waals surface area contributed by atoms with E-state index in [0.29, 0.717) is 25.1 Å². The second-order valence-electron chi connectivity index (χ2n) is 7.29. The quantitative estimate of drug-likeness (QED) is 0.498. The molecule has 1 fully saturated rings. The number of amides is 1. The topological polar surface area (TPSA) is 101 Å². The van der Waals surface area contributed by atoms with Gasteiger partial charge in [0.1, 0.15) is 11.9 Å². The third-order valence-corrected chi connectivity index (χ3v) is 4.75. The van der Waals surface area contributed by atoms with Gasteiger partial charge in [0.2, 0.25) is 0 Å². The van der Waals surface area contributed by atoms with Gasteiger partial charge in [-0.05, 0) is 53.0 Å². The predicted octanol–water partition coefficient (Wildman–Crippen LogP) is 0.843. The molecule has 2 rings (SSSR count). The minimum Gasteiger partial charge on any atom is -0.399 e. The Morgan fingerprint density at radius 2 is 1.88 bits per heavy atom. The largest absolute Gasteiger partial charge is 0.496 e. The van der Waals surface area contributed by atoms with E-state index >= 15 is 0 Å². The second-order valence-corrected chi connectivity index (χ2v) is 7.29. The molecule has 1 saturated heterocycles. The molecule has 8 heteroatoms. The first-order chi connectivity index (χ1) is 11.7. The molecule has 1 aliphatic heterocycles. The Bertz CT molecular complexity index is 575. The molecule has 7 nitrogen and oxygen atoms in total. The van der Waals surface area contributed by atoms with Gasteiger partial charge in [-0.1, -0.05) is 6.07 Å². The standard InChI is InChI=1S/C17H27BN2O5/c1-16(2)17(3,4)25-18(24-16)12-8-9-14(19-11-12)20-15(23)13(22)7-5-6-10-21/h8-9,11,13,21-22H,5-7,10H2,1-4H3,(H,19,20,23). The summed E-state index contributed by atoms with van der Waals surface area (Å²) in [6.07, 6.45) is 1.93. The van der Waals surface area contributed by atoms with Gasteiger partial charge in [-0.2, -0.15) is 0 Å². The Hall–Kier alpha value is -1.48. The Kier molecular flexibility index (Phi) is 6.21. The molecule has 138 valence electrons. The van der Waals surface area contributed by atoms with Crippen LogP contribution in [0.3, 0.4) is 0 Å². The highest BCUT2D eigenvalue weighted by atomic mass is 16.7. The summed E-state index contributed by atoms with van der Waals surface area (Å²) in [6, 6.07) is 3.43. The molecule has 0 aliphatic carbocycles. The number of carbonyl (C=O) groups is 1. The van der Waals surface area contributed by atoms with Crippen molar-refractivity contribution < 1.29 is 24.3 Å². The van der Waals surface area contributed by atoms with Crippen molar-refractivity contribution in [3.05, 3.63) is 18.3 Å². The lowest BCUT2D eigenvalue weighted by atomic mass is 9.80. The molecule has 1 aliphatic rings. The molecular formula is C17H27BN2O5. The van der Waals surface area contributed by atoms with E-state index in [-0.39, 0.29) is 6.61 Å². The zero-order chi connectivity index (χ0) is 18.7. The average molecular weight is 350 g/mol. The first-order valence-electron chi connectivity index (χ1n) is 8.57. The van der Waals surface area contributed by atoms with E-state index < -0.39 is 30.3 Å². The molecule has 1 amide bonds. The summed E-state index contributed by atoms with van der Waals surface area (Å²) in [6.45, 7) is 7.97. The second kappa shape index (κ2) is 7.82. The van der Waals surface area contributed by atoms with Crippen LogP contribution in [-0.2, 0) is 14.1 Å². The van der Waals surface area contributed by atoms with Gasteiger partial charge in [-0.25, -0.2) is 4.98 Å². The highest BCUT2D eigenvalue weighted by Crippen LogP contribution is 2.36. The Labute approximate surface area is 148 Å². The van der Waals surface area contributed by atoms with Gasteiger partial charge in [0, 0.05) is 18.3 Å². The maximum atomic E-state index is 11.9. The molecule has 0 spiro atoms. The summed E-state index contributed by atoms with van der Waals surface area (Å²) in [7, 11) is -0.508. The highest BCUT2D eigenvalue weighted by molar-refractivity contribution is 6.62. The van der Waals surface area contributed by atoms with Crippen LogP contribution >= 0.6 is 0 Å². The van der Waals surface area contributed by atoms with Crippen LogP contribution in [0.15, 0.2) is 18.3 Å². The number of hydrogen-bond acceptors (Lipinski definition) is 6. The number of nitrogens with one attached hydrogen (secondary N) is 1. The minimum atomic E-state index is -1.11. The molecule has 0 radical (unpaired) electrons.